The average molecular weight is 854 g/mol. The third-order valence-electron chi connectivity index (χ3n) is 7.98. The Balaban J connectivity index is 0.000000160. The zero-order valence-electron chi connectivity index (χ0n) is 38.2. The number of halogens is 3. The standard InChI is InChI=1S/C21H12ClN3S.C15H7Cl2N3S.C6H7BO2.CH4/c22-21-24-19(13-7-2-1-3-8-13)23-20(25-21)16-11-6-10-15-14-9-4-5-12-17(14)26-18(15)16;16-14-18-13(19-15(17)20-14)10-6-3-5-9-8-4-1-2-7-11(8)21-12(9)10;8-7(9)6-4-2-1-3-5-6;/h1-12H;1-7H;1-5,8-9H;1H4/i1D,2D,3D,7D,8D;;1D,2D,3D,4D,5D;. The van der Waals surface area contributed by atoms with E-state index in [9.17, 15) is 0 Å². The third-order valence-corrected chi connectivity index (χ3v) is 10.9. The summed E-state index contributed by atoms with van der Waals surface area (Å²) in [4.78, 5) is 25.0. The van der Waals surface area contributed by atoms with E-state index >= 15 is 0 Å². The topological polar surface area (TPSA) is 118 Å². The molecule has 4 heterocycles. The van der Waals surface area contributed by atoms with E-state index in [0.29, 0.717) is 5.82 Å². The Morgan fingerprint density at radius 3 is 1.40 bits per heavy atom. The fraction of sp³-hybridized carbons (Fsp3) is 0.0233. The fourth-order valence-corrected chi connectivity index (χ4v) is 8.57. The molecule has 4 aromatic heterocycles. The van der Waals surface area contributed by atoms with Crippen LogP contribution < -0.4 is 5.46 Å². The van der Waals surface area contributed by atoms with Crippen LogP contribution in [-0.2, 0) is 0 Å². The summed E-state index contributed by atoms with van der Waals surface area (Å²) in [5, 5.41) is 22.3. The van der Waals surface area contributed by atoms with Crippen molar-refractivity contribution < 1.29 is 23.8 Å². The minimum atomic E-state index is -2.07. The summed E-state index contributed by atoms with van der Waals surface area (Å²) in [6.45, 7) is 0. The number of thiophene rings is 2. The van der Waals surface area contributed by atoms with E-state index in [4.69, 9.17) is 58.6 Å². The first-order valence-corrected chi connectivity index (χ1v) is 19.0. The van der Waals surface area contributed by atoms with Gasteiger partial charge >= 0.3 is 7.12 Å². The molecule has 0 saturated heterocycles. The molecule has 0 unspecified atom stereocenters. The molecule has 0 amide bonds. The third kappa shape index (κ3) is 8.80. The maximum atomic E-state index is 8.81. The van der Waals surface area contributed by atoms with E-state index in [2.05, 4.69) is 54.2 Å². The molecule has 0 aliphatic rings. The molecule has 0 aliphatic heterocycles. The molecule has 2 N–H and O–H groups in total. The molecule has 8 nitrogen and oxygen atoms in total. The van der Waals surface area contributed by atoms with Crippen LogP contribution in [0.1, 0.15) is 21.1 Å². The van der Waals surface area contributed by atoms with Gasteiger partial charge in [0, 0.05) is 57.0 Å². The Morgan fingerprint density at radius 1 is 0.474 bits per heavy atom. The van der Waals surface area contributed by atoms with Crippen molar-refractivity contribution in [3.63, 3.8) is 0 Å². The lowest BCUT2D eigenvalue weighted by Crippen LogP contribution is -2.29. The van der Waals surface area contributed by atoms with Gasteiger partial charge in [-0.25, -0.2) is 4.98 Å². The first-order chi connectivity index (χ1) is 31.5. The Labute approximate surface area is 365 Å². The molecule has 0 saturated carbocycles. The van der Waals surface area contributed by atoms with Gasteiger partial charge in [0.1, 0.15) is 0 Å². The number of aromatic nitrogens is 6. The molecule has 0 radical (unpaired) electrons. The molecule has 0 spiro atoms. The van der Waals surface area contributed by atoms with Gasteiger partial charge in [0.15, 0.2) is 17.5 Å². The summed E-state index contributed by atoms with van der Waals surface area (Å²) in [5.41, 5.74) is 1.03. The van der Waals surface area contributed by atoms with Crippen molar-refractivity contribution in [1.29, 1.82) is 0 Å². The van der Waals surface area contributed by atoms with Gasteiger partial charge in [0.2, 0.25) is 15.9 Å². The number of rotatable bonds is 4. The smallest absolute Gasteiger partial charge is 0.423 e. The van der Waals surface area contributed by atoms with Crippen molar-refractivity contribution in [2.75, 3.05) is 0 Å². The van der Waals surface area contributed by atoms with E-state index < -0.39 is 60.9 Å². The summed E-state index contributed by atoms with van der Waals surface area (Å²) in [5.74, 6) is 0.709. The van der Waals surface area contributed by atoms with E-state index in [-0.39, 0.29) is 52.6 Å². The van der Waals surface area contributed by atoms with Crippen LogP contribution in [0.2, 0.25) is 15.9 Å². The number of hydrogen-bond acceptors (Lipinski definition) is 10. The molecule has 14 heteroatoms. The molecule has 0 bridgehead atoms. The van der Waals surface area contributed by atoms with Crippen LogP contribution in [0.25, 0.3) is 74.5 Å². The van der Waals surface area contributed by atoms with Crippen molar-refractivity contribution in [2.24, 2.45) is 0 Å². The molecule has 10 rings (SSSR count). The second-order valence-corrected chi connectivity index (χ2v) is 14.5. The summed E-state index contributed by atoms with van der Waals surface area (Å²) in [7, 11) is -2.07. The molecule has 0 fully saturated rings. The van der Waals surface area contributed by atoms with Crippen LogP contribution in [0.15, 0.2) is 145 Å². The first-order valence-electron chi connectivity index (χ1n) is 21.3. The summed E-state index contributed by atoms with van der Waals surface area (Å²) in [6.07, 6.45) is 0. The molecule has 0 atom stereocenters. The highest BCUT2D eigenvalue weighted by molar-refractivity contribution is 7.26. The lowest BCUT2D eigenvalue weighted by molar-refractivity contribution is 0.426. The van der Waals surface area contributed by atoms with Crippen molar-refractivity contribution in [3.05, 3.63) is 161 Å². The van der Waals surface area contributed by atoms with E-state index in [1.54, 1.807) is 22.7 Å². The first kappa shape index (κ1) is 28.9. The maximum Gasteiger partial charge on any atom is 0.488 e. The Kier molecular flexibility index (Phi) is 9.05. The molecule has 280 valence electrons. The highest BCUT2D eigenvalue weighted by atomic mass is 35.5. The highest BCUT2D eigenvalue weighted by Gasteiger charge is 2.16. The second kappa shape index (κ2) is 17.8. The minimum Gasteiger partial charge on any atom is -0.423 e. The zero-order chi connectivity index (χ0) is 47.3. The molecular formula is C43H30BCl3N6O2S2. The Bertz CT molecular complexity index is 3500. The second-order valence-electron chi connectivity index (χ2n) is 11.4. The molecule has 57 heavy (non-hydrogen) atoms. The number of hydrogen-bond donors (Lipinski definition) is 2. The van der Waals surface area contributed by atoms with Gasteiger partial charge in [0.25, 0.3) is 0 Å². The predicted octanol–water partition coefficient (Wildman–Crippen LogP) is 11.4. The highest BCUT2D eigenvalue weighted by Crippen LogP contribution is 2.40. The van der Waals surface area contributed by atoms with Gasteiger partial charge in [-0.05, 0) is 64.5 Å². The SMILES string of the molecule is C.Clc1nc(Cl)nc(-c2cccc3c2sc2ccccc23)n1.[2H]c1c([2H])c([2H])c(-c2nc(Cl)nc(-c3cccc4c3sc3ccccc34)n2)c([2H])c1[2H].[2H]c1c([2H])c([2H])c(B(O)O)c([2H])c1[2H]. The fourth-order valence-electron chi connectivity index (χ4n) is 5.63. The quantitative estimate of drug-likeness (QED) is 0.168. The Hall–Kier alpha value is -5.37. The summed E-state index contributed by atoms with van der Waals surface area (Å²) < 4.78 is 80.6. The van der Waals surface area contributed by atoms with Gasteiger partial charge in [-0.3, -0.25) is 0 Å². The van der Waals surface area contributed by atoms with Crippen molar-refractivity contribution in [3.8, 4) is 34.2 Å². The van der Waals surface area contributed by atoms with E-state index in [0.717, 1.165) is 36.0 Å². The van der Waals surface area contributed by atoms with Gasteiger partial charge in [-0.1, -0.05) is 129 Å². The zero-order valence-corrected chi connectivity index (χ0v) is 32.1. The van der Waals surface area contributed by atoms with Gasteiger partial charge in [-0.2, -0.15) is 24.9 Å². The van der Waals surface area contributed by atoms with Crippen molar-refractivity contribution >= 4 is 110 Å². The maximum absolute atomic E-state index is 8.81. The largest absolute Gasteiger partial charge is 0.488 e. The van der Waals surface area contributed by atoms with Gasteiger partial charge in [0.05, 0.1) is 13.7 Å². The van der Waals surface area contributed by atoms with Gasteiger partial charge in [-0.15, -0.1) is 22.7 Å². The van der Waals surface area contributed by atoms with Crippen LogP contribution in [0.4, 0.5) is 0 Å². The number of fused-ring (bicyclic) bond motifs is 6. The van der Waals surface area contributed by atoms with Crippen LogP contribution in [0, 0.1) is 0 Å². The van der Waals surface area contributed by atoms with Crippen molar-refractivity contribution in [1.82, 2.24) is 29.9 Å². The normalized spacial score (nSPS) is 13.2. The van der Waals surface area contributed by atoms with Crippen LogP contribution >= 0.6 is 57.5 Å². The van der Waals surface area contributed by atoms with Crippen molar-refractivity contribution in [2.45, 2.75) is 7.43 Å². The molecule has 6 aromatic carbocycles. The lowest BCUT2D eigenvalue weighted by atomic mass is 9.81. The summed E-state index contributed by atoms with van der Waals surface area (Å²) in [6, 6.07) is 23.2. The van der Waals surface area contributed by atoms with Crippen LogP contribution in [0.3, 0.4) is 0 Å². The molecule has 0 aliphatic carbocycles. The molecular weight excluding hydrogens is 814 g/mol. The van der Waals surface area contributed by atoms with Crippen LogP contribution in [-0.4, -0.2) is 47.1 Å². The van der Waals surface area contributed by atoms with E-state index in [1.165, 1.54) is 15.5 Å². The lowest BCUT2D eigenvalue weighted by Gasteiger charge is -2.05. The average Bonchev–Trinajstić information content (AvgIpc) is 3.88. The van der Waals surface area contributed by atoms with E-state index in [1.807, 2.05) is 60.7 Å². The summed E-state index contributed by atoms with van der Waals surface area (Å²) >= 11 is 21.3. The predicted molar refractivity (Wildman–Crippen MR) is 240 cm³/mol. The van der Waals surface area contributed by atoms with Gasteiger partial charge < -0.3 is 10.0 Å². The Morgan fingerprint density at radius 2 is 0.895 bits per heavy atom. The number of nitrogens with zero attached hydrogens (tertiary/aromatic N) is 6. The van der Waals surface area contributed by atoms with Crippen LogP contribution in [0.5, 0.6) is 0 Å². The minimum absolute atomic E-state index is 0. The monoisotopic (exact) mass is 852 g/mol. The number of benzene rings is 6. The molecule has 10 aromatic rings.